The first-order chi connectivity index (χ1) is 15.0. The molecule has 0 saturated carbocycles. The molecule has 3 aromatic rings. The molecule has 9 heteroatoms. The van der Waals surface area contributed by atoms with Gasteiger partial charge in [0, 0.05) is 38.0 Å². The van der Waals surface area contributed by atoms with Crippen LogP contribution in [0.15, 0.2) is 36.7 Å². The van der Waals surface area contributed by atoms with E-state index in [1.807, 2.05) is 19.9 Å². The third-order valence-electron chi connectivity index (χ3n) is 4.86. The van der Waals surface area contributed by atoms with E-state index in [0.717, 1.165) is 6.04 Å². The number of nitrogens with one attached hydrogen (secondary N) is 1. The maximum atomic E-state index is 12.3. The number of amides is 1. The molecule has 2 aromatic heterocycles. The average molecular weight is 455 g/mol. The number of aromatic nitrogens is 3. The molecule has 1 aromatic carbocycles. The van der Waals surface area contributed by atoms with Crippen molar-refractivity contribution < 1.29 is 19.4 Å². The van der Waals surface area contributed by atoms with Gasteiger partial charge in [0.15, 0.2) is 5.65 Å². The zero-order valence-electron chi connectivity index (χ0n) is 19.2. The number of rotatable bonds is 9. The molecule has 3 rings (SSSR count). The predicted molar refractivity (Wildman–Crippen MR) is 127 cm³/mol. The smallest absolute Gasteiger partial charge is 0.339 e. The minimum absolute atomic E-state index is 0.0214. The topological polar surface area (TPSA) is 106 Å². The van der Waals surface area contributed by atoms with E-state index in [1.165, 1.54) is 6.20 Å². The number of carboxylic acid groups (broad SMARTS) is 1. The molecule has 0 radical (unpaired) electrons. The monoisotopic (exact) mass is 454 g/mol. The second-order valence-corrected chi connectivity index (χ2v) is 14.9. The summed E-state index contributed by atoms with van der Waals surface area (Å²) in [6, 6.07) is 8.09. The maximum absolute atomic E-state index is 12.3. The summed E-state index contributed by atoms with van der Waals surface area (Å²) in [7, 11) is -1.21. The van der Waals surface area contributed by atoms with Gasteiger partial charge in [-0.1, -0.05) is 31.8 Å². The summed E-state index contributed by atoms with van der Waals surface area (Å²) in [6.45, 7) is 11.5. The van der Waals surface area contributed by atoms with Crippen molar-refractivity contribution >= 4 is 31.1 Å². The minimum Gasteiger partial charge on any atom is -0.478 e. The van der Waals surface area contributed by atoms with Crippen LogP contribution in [0.5, 0.6) is 0 Å². The van der Waals surface area contributed by atoms with Crippen molar-refractivity contribution in [3.8, 4) is 11.3 Å². The fraction of sp³-hybridized carbons (Fsp3) is 0.391. The molecule has 170 valence electrons. The summed E-state index contributed by atoms with van der Waals surface area (Å²) in [5.74, 6) is -1.25. The molecule has 2 N–H and O–H groups in total. The largest absolute Gasteiger partial charge is 0.478 e. The summed E-state index contributed by atoms with van der Waals surface area (Å²) < 4.78 is 7.45. The number of fused-ring (bicyclic) bond motifs is 1. The van der Waals surface area contributed by atoms with E-state index in [1.54, 1.807) is 29.0 Å². The van der Waals surface area contributed by atoms with Gasteiger partial charge >= 0.3 is 5.97 Å². The second-order valence-electron chi connectivity index (χ2n) is 9.30. The van der Waals surface area contributed by atoms with E-state index in [4.69, 9.17) is 4.74 Å². The van der Waals surface area contributed by atoms with Crippen molar-refractivity contribution in [3.05, 3.63) is 47.8 Å². The highest BCUT2D eigenvalue weighted by molar-refractivity contribution is 6.76. The summed E-state index contributed by atoms with van der Waals surface area (Å²) in [6.07, 6.45) is 3.10. The Bertz CT molecular complexity index is 1130. The molecule has 2 heterocycles. The first-order valence-electron chi connectivity index (χ1n) is 10.6. The Balaban J connectivity index is 1.91. The van der Waals surface area contributed by atoms with Crippen molar-refractivity contribution in [1.82, 2.24) is 19.9 Å². The number of hydrogen-bond donors (Lipinski definition) is 2. The molecule has 1 amide bonds. The number of ether oxygens (including phenoxy) is 1. The Labute approximate surface area is 188 Å². The highest BCUT2D eigenvalue weighted by atomic mass is 28.3. The van der Waals surface area contributed by atoms with Crippen molar-refractivity contribution in [2.75, 3.05) is 6.61 Å². The van der Waals surface area contributed by atoms with E-state index >= 15 is 0 Å². The van der Waals surface area contributed by atoms with E-state index in [9.17, 15) is 14.7 Å². The maximum Gasteiger partial charge on any atom is 0.339 e. The van der Waals surface area contributed by atoms with Gasteiger partial charge in [-0.25, -0.2) is 14.8 Å². The first kappa shape index (κ1) is 23.6. The third-order valence-corrected chi connectivity index (χ3v) is 6.57. The summed E-state index contributed by atoms with van der Waals surface area (Å²) >= 11 is 0. The van der Waals surface area contributed by atoms with Crippen molar-refractivity contribution in [3.63, 3.8) is 0 Å². The fourth-order valence-corrected chi connectivity index (χ4v) is 3.91. The molecule has 0 saturated heterocycles. The SMILES string of the molecule is CC(C)NC(=O)c1cccc(-c2cnc3c(n2)c(C(=O)O)cn3COCC[Si](C)(C)C)c1. The number of carbonyl (C=O) groups excluding carboxylic acids is 1. The predicted octanol–water partition coefficient (Wildman–Crippen LogP) is 4.25. The van der Waals surface area contributed by atoms with E-state index in [-0.39, 0.29) is 24.2 Å². The van der Waals surface area contributed by atoms with Gasteiger partial charge in [-0.05, 0) is 32.0 Å². The van der Waals surface area contributed by atoms with Gasteiger partial charge in [0.2, 0.25) is 0 Å². The van der Waals surface area contributed by atoms with Crippen LogP contribution in [0.1, 0.15) is 34.6 Å². The highest BCUT2D eigenvalue weighted by Crippen LogP contribution is 2.24. The van der Waals surface area contributed by atoms with Gasteiger partial charge in [-0.15, -0.1) is 0 Å². The molecule has 0 aliphatic carbocycles. The first-order valence-corrected chi connectivity index (χ1v) is 14.3. The van der Waals surface area contributed by atoms with Crippen LogP contribution in [0.2, 0.25) is 25.7 Å². The lowest BCUT2D eigenvalue weighted by molar-refractivity contribution is 0.0695. The van der Waals surface area contributed by atoms with Crippen LogP contribution in [0, 0.1) is 0 Å². The highest BCUT2D eigenvalue weighted by Gasteiger charge is 2.19. The Hall–Kier alpha value is -3.04. The number of benzene rings is 1. The number of carboxylic acids is 1. The molecule has 0 aliphatic heterocycles. The number of aromatic carboxylic acids is 1. The van der Waals surface area contributed by atoms with Gasteiger partial charge in [0.25, 0.3) is 5.91 Å². The quantitative estimate of drug-likeness (QED) is 0.370. The summed E-state index contributed by atoms with van der Waals surface area (Å²) in [5.41, 5.74) is 2.50. The molecule has 32 heavy (non-hydrogen) atoms. The molecule has 0 fully saturated rings. The van der Waals surface area contributed by atoms with Crippen LogP contribution in [0.25, 0.3) is 22.4 Å². The van der Waals surface area contributed by atoms with Crippen LogP contribution in [-0.2, 0) is 11.5 Å². The van der Waals surface area contributed by atoms with Crippen LogP contribution >= 0.6 is 0 Å². The fourth-order valence-electron chi connectivity index (χ4n) is 3.15. The lowest BCUT2D eigenvalue weighted by atomic mass is 10.1. The Morgan fingerprint density at radius 2 is 2.00 bits per heavy atom. The van der Waals surface area contributed by atoms with Crippen LogP contribution in [0.4, 0.5) is 0 Å². The average Bonchev–Trinajstić information content (AvgIpc) is 3.08. The second kappa shape index (κ2) is 9.62. The lowest BCUT2D eigenvalue weighted by Crippen LogP contribution is -2.30. The van der Waals surface area contributed by atoms with Crippen LogP contribution < -0.4 is 5.32 Å². The van der Waals surface area contributed by atoms with Crippen molar-refractivity contribution in [1.29, 1.82) is 0 Å². The molecule has 0 atom stereocenters. The number of nitrogens with zero attached hydrogens (tertiary/aromatic N) is 3. The Kier molecular flexibility index (Phi) is 7.10. The lowest BCUT2D eigenvalue weighted by Gasteiger charge is -2.15. The van der Waals surface area contributed by atoms with E-state index < -0.39 is 14.0 Å². The molecule has 8 nitrogen and oxygen atoms in total. The van der Waals surface area contributed by atoms with Gasteiger partial charge in [-0.3, -0.25) is 4.79 Å². The zero-order chi connectivity index (χ0) is 23.5. The standard InChI is InChI=1S/C23H30N4O4Si/c1-15(2)25-22(28)17-8-6-7-16(11-17)19-12-24-21-20(26-19)18(23(29)30)13-27(21)14-31-9-10-32(3,4)5/h6-8,11-13,15H,9-10,14H2,1-5H3,(H,25,28)(H,29,30). The van der Waals surface area contributed by atoms with Crippen LogP contribution in [-0.4, -0.2) is 52.2 Å². The number of carbonyl (C=O) groups is 2. The molecule has 0 aliphatic rings. The van der Waals surface area contributed by atoms with E-state index in [2.05, 4.69) is 34.9 Å². The number of hydrogen-bond acceptors (Lipinski definition) is 5. The van der Waals surface area contributed by atoms with E-state index in [0.29, 0.717) is 34.6 Å². The Morgan fingerprint density at radius 3 is 2.66 bits per heavy atom. The van der Waals surface area contributed by atoms with Crippen molar-refractivity contribution in [2.45, 2.75) is 52.3 Å². The Morgan fingerprint density at radius 1 is 1.25 bits per heavy atom. The normalized spacial score (nSPS) is 11.8. The third kappa shape index (κ3) is 5.80. The summed E-state index contributed by atoms with van der Waals surface area (Å²) in [5, 5.41) is 12.5. The van der Waals surface area contributed by atoms with Gasteiger partial charge in [-0.2, -0.15) is 0 Å². The van der Waals surface area contributed by atoms with Gasteiger partial charge in [0.05, 0.1) is 11.9 Å². The minimum atomic E-state index is -1.21. The van der Waals surface area contributed by atoms with Gasteiger partial charge in [0.1, 0.15) is 17.8 Å². The van der Waals surface area contributed by atoms with Gasteiger partial charge < -0.3 is 19.7 Å². The molecule has 0 unspecified atom stereocenters. The molecule has 0 bridgehead atoms. The zero-order valence-corrected chi connectivity index (χ0v) is 20.2. The van der Waals surface area contributed by atoms with Crippen LogP contribution in [0.3, 0.4) is 0 Å². The van der Waals surface area contributed by atoms with Crippen molar-refractivity contribution in [2.24, 2.45) is 0 Å². The summed E-state index contributed by atoms with van der Waals surface area (Å²) in [4.78, 5) is 33.2. The molecular formula is C23H30N4O4Si. The molecular weight excluding hydrogens is 424 g/mol. The molecule has 0 spiro atoms.